The van der Waals surface area contributed by atoms with E-state index in [1.54, 1.807) is 0 Å². The molecule has 8 nitrogen and oxygen atoms in total. The molecule has 0 amide bonds. The molecule has 0 bridgehead atoms. The van der Waals surface area contributed by atoms with Crippen molar-refractivity contribution in [2.75, 3.05) is 32.9 Å². The highest BCUT2D eigenvalue weighted by Gasteiger charge is 2.40. The molecule has 1 aliphatic heterocycles. The lowest BCUT2D eigenvalue weighted by atomic mass is 9.86. The molecule has 1 saturated heterocycles. The number of ether oxygens (including phenoxy) is 3. The Labute approximate surface area is 204 Å². The van der Waals surface area contributed by atoms with Crippen LogP contribution in [0.2, 0.25) is 0 Å². The van der Waals surface area contributed by atoms with Crippen LogP contribution < -0.4 is 10.1 Å². The van der Waals surface area contributed by atoms with Crippen LogP contribution in [0.15, 0.2) is 91.0 Å². The van der Waals surface area contributed by atoms with Crippen molar-refractivity contribution in [3.63, 3.8) is 0 Å². The number of rotatable bonds is 8. The van der Waals surface area contributed by atoms with E-state index in [0.717, 1.165) is 30.0 Å². The molecule has 8 heteroatoms. The van der Waals surface area contributed by atoms with Crippen LogP contribution in [0.25, 0.3) is 0 Å². The van der Waals surface area contributed by atoms with Gasteiger partial charge in [0, 0.05) is 13.1 Å². The molecule has 1 heterocycles. The highest BCUT2D eigenvalue weighted by atomic mass is 16.6. The van der Waals surface area contributed by atoms with Gasteiger partial charge < -0.3 is 29.7 Å². The summed E-state index contributed by atoms with van der Waals surface area (Å²) >= 11 is 0. The predicted molar refractivity (Wildman–Crippen MR) is 129 cm³/mol. The fraction of sp³-hybridized carbons (Fsp3) is 0.259. The van der Waals surface area contributed by atoms with E-state index in [4.69, 9.17) is 34.0 Å². The molecular formula is C27H29NO7. The average molecular weight is 480 g/mol. The lowest BCUT2D eigenvalue weighted by Gasteiger charge is -2.41. The van der Waals surface area contributed by atoms with Crippen molar-refractivity contribution >= 4 is 11.9 Å². The van der Waals surface area contributed by atoms with Crippen molar-refractivity contribution in [1.82, 2.24) is 5.32 Å². The molecule has 0 aliphatic carbocycles. The van der Waals surface area contributed by atoms with Gasteiger partial charge in [-0.25, -0.2) is 9.59 Å². The Morgan fingerprint density at radius 2 is 1.37 bits per heavy atom. The zero-order valence-corrected chi connectivity index (χ0v) is 19.2. The SMILES string of the molecule is O=C(O)C(=O)O.c1ccc(OCCNCC2COC(c3ccccc3)(c3ccccc3)CO2)cc1. The second kappa shape index (κ2) is 13.2. The van der Waals surface area contributed by atoms with E-state index < -0.39 is 17.5 Å². The molecule has 1 aliphatic rings. The van der Waals surface area contributed by atoms with Gasteiger partial charge in [0.1, 0.15) is 18.0 Å². The number of carboxylic acids is 2. The minimum atomic E-state index is -1.82. The van der Waals surface area contributed by atoms with Gasteiger partial charge in [0.15, 0.2) is 0 Å². The Balaban J connectivity index is 0.000000509. The Bertz CT molecular complexity index is 983. The summed E-state index contributed by atoms with van der Waals surface area (Å²) in [5, 5.41) is 18.2. The van der Waals surface area contributed by atoms with Gasteiger partial charge in [-0.05, 0) is 23.3 Å². The number of hydrogen-bond acceptors (Lipinski definition) is 6. The first kappa shape index (κ1) is 25.9. The second-order valence-corrected chi connectivity index (χ2v) is 7.78. The molecule has 35 heavy (non-hydrogen) atoms. The molecule has 3 aromatic carbocycles. The normalized spacial score (nSPS) is 16.4. The average Bonchev–Trinajstić information content (AvgIpc) is 2.91. The molecule has 0 aromatic heterocycles. The van der Waals surface area contributed by atoms with E-state index in [9.17, 15) is 0 Å². The van der Waals surface area contributed by atoms with E-state index in [1.165, 1.54) is 0 Å². The minimum Gasteiger partial charge on any atom is -0.492 e. The first-order chi connectivity index (χ1) is 17.0. The Morgan fingerprint density at radius 1 is 0.857 bits per heavy atom. The summed E-state index contributed by atoms with van der Waals surface area (Å²) in [5.41, 5.74) is 1.68. The van der Waals surface area contributed by atoms with E-state index in [0.29, 0.717) is 19.8 Å². The number of aliphatic carboxylic acids is 2. The van der Waals surface area contributed by atoms with Gasteiger partial charge in [-0.1, -0.05) is 78.9 Å². The maximum absolute atomic E-state index is 9.10. The monoisotopic (exact) mass is 479 g/mol. The molecule has 0 saturated carbocycles. The number of hydrogen-bond donors (Lipinski definition) is 3. The quantitative estimate of drug-likeness (QED) is 0.334. The van der Waals surface area contributed by atoms with Gasteiger partial charge >= 0.3 is 11.9 Å². The van der Waals surface area contributed by atoms with Crippen LogP contribution in [0.3, 0.4) is 0 Å². The number of carboxylic acid groups (broad SMARTS) is 2. The summed E-state index contributed by atoms with van der Waals surface area (Å²) < 4.78 is 18.4. The molecule has 0 spiro atoms. The fourth-order valence-electron chi connectivity index (χ4n) is 3.61. The van der Waals surface area contributed by atoms with Crippen LogP contribution in [0.1, 0.15) is 11.1 Å². The highest BCUT2D eigenvalue weighted by Crippen LogP contribution is 2.37. The van der Waals surface area contributed by atoms with Crippen molar-refractivity contribution < 1.29 is 34.0 Å². The third-order valence-electron chi connectivity index (χ3n) is 5.36. The first-order valence-electron chi connectivity index (χ1n) is 11.2. The molecule has 184 valence electrons. The molecule has 4 rings (SSSR count). The lowest BCUT2D eigenvalue weighted by molar-refractivity contribution is -0.175. The standard InChI is InChI=1S/C25H27NO3.C2H2O4/c1-4-10-21(11-5-1)25(22-12-6-2-7-13-22)20-28-24(19-29-25)18-26-16-17-27-23-14-8-3-9-15-23;3-1(4)2(5)6/h1-15,24,26H,16-20H2;(H,3,4)(H,5,6). The van der Waals surface area contributed by atoms with Crippen LogP contribution in [-0.2, 0) is 24.7 Å². The zero-order valence-electron chi connectivity index (χ0n) is 19.2. The van der Waals surface area contributed by atoms with Crippen molar-refractivity contribution in [2.45, 2.75) is 11.7 Å². The molecule has 3 aromatic rings. The van der Waals surface area contributed by atoms with Gasteiger partial charge in [-0.2, -0.15) is 0 Å². The van der Waals surface area contributed by atoms with Crippen LogP contribution in [0.5, 0.6) is 5.75 Å². The van der Waals surface area contributed by atoms with Gasteiger partial charge in [-0.3, -0.25) is 0 Å². The van der Waals surface area contributed by atoms with Crippen molar-refractivity contribution in [3.8, 4) is 5.75 Å². The van der Waals surface area contributed by atoms with Crippen LogP contribution in [0, 0.1) is 0 Å². The summed E-state index contributed by atoms with van der Waals surface area (Å²) in [4.78, 5) is 18.2. The zero-order chi connectivity index (χ0) is 24.9. The van der Waals surface area contributed by atoms with Gasteiger partial charge in [0.05, 0.1) is 19.3 Å². The summed E-state index contributed by atoms with van der Waals surface area (Å²) in [6, 6.07) is 30.5. The maximum atomic E-state index is 9.10. The molecule has 1 unspecified atom stereocenters. The number of benzene rings is 3. The third kappa shape index (κ3) is 7.65. The van der Waals surface area contributed by atoms with Crippen molar-refractivity contribution in [3.05, 3.63) is 102 Å². The minimum absolute atomic E-state index is 0.0206. The number of nitrogens with one attached hydrogen (secondary N) is 1. The van der Waals surface area contributed by atoms with Gasteiger partial charge in [0.25, 0.3) is 0 Å². The maximum Gasteiger partial charge on any atom is 0.414 e. The van der Waals surface area contributed by atoms with E-state index in [-0.39, 0.29) is 6.10 Å². The predicted octanol–water partition coefficient (Wildman–Crippen LogP) is 3.17. The fourth-order valence-corrected chi connectivity index (χ4v) is 3.61. The van der Waals surface area contributed by atoms with E-state index in [2.05, 4.69) is 29.6 Å². The second-order valence-electron chi connectivity index (χ2n) is 7.78. The largest absolute Gasteiger partial charge is 0.492 e. The number of para-hydroxylation sites is 1. The Morgan fingerprint density at radius 3 is 1.83 bits per heavy atom. The van der Waals surface area contributed by atoms with Gasteiger partial charge in [0.2, 0.25) is 0 Å². The molecule has 1 atom stereocenters. The van der Waals surface area contributed by atoms with Crippen LogP contribution in [-0.4, -0.2) is 61.2 Å². The smallest absolute Gasteiger partial charge is 0.414 e. The molecular weight excluding hydrogens is 450 g/mol. The summed E-state index contributed by atoms with van der Waals surface area (Å²) in [6.07, 6.45) is 0.0206. The van der Waals surface area contributed by atoms with E-state index in [1.807, 2.05) is 66.7 Å². The molecule has 3 N–H and O–H groups in total. The first-order valence-corrected chi connectivity index (χ1v) is 11.2. The van der Waals surface area contributed by atoms with Crippen LogP contribution in [0.4, 0.5) is 0 Å². The van der Waals surface area contributed by atoms with Gasteiger partial charge in [-0.15, -0.1) is 0 Å². The highest BCUT2D eigenvalue weighted by molar-refractivity contribution is 6.27. The third-order valence-corrected chi connectivity index (χ3v) is 5.36. The Hall–Kier alpha value is -3.72. The summed E-state index contributed by atoms with van der Waals surface area (Å²) in [7, 11) is 0. The lowest BCUT2D eigenvalue weighted by Crippen LogP contribution is -2.48. The van der Waals surface area contributed by atoms with Crippen molar-refractivity contribution in [2.24, 2.45) is 0 Å². The molecule has 0 radical (unpaired) electrons. The molecule has 1 fully saturated rings. The summed E-state index contributed by atoms with van der Waals surface area (Å²) in [5.74, 6) is -2.76. The van der Waals surface area contributed by atoms with Crippen molar-refractivity contribution in [1.29, 1.82) is 0 Å². The topological polar surface area (TPSA) is 114 Å². The summed E-state index contributed by atoms with van der Waals surface area (Å²) in [6.45, 7) is 3.15. The Kier molecular flexibility index (Phi) is 9.80. The number of carbonyl (C=O) groups is 2. The van der Waals surface area contributed by atoms with Crippen LogP contribution >= 0.6 is 0 Å². The van der Waals surface area contributed by atoms with E-state index >= 15 is 0 Å².